The highest BCUT2D eigenvalue weighted by Crippen LogP contribution is 2.27. The van der Waals surface area contributed by atoms with Crippen LogP contribution in [0.5, 0.6) is 0 Å². The van der Waals surface area contributed by atoms with Gasteiger partial charge < -0.3 is 9.30 Å². The number of carbonyl (C=O) groups is 1. The summed E-state index contributed by atoms with van der Waals surface area (Å²) in [5.41, 5.74) is 3.99. The van der Waals surface area contributed by atoms with E-state index >= 15 is 0 Å². The van der Waals surface area contributed by atoms with Gasteiger partial charge in [0.15, 0.2) is 0 Å². The maximum absolute atomic E-state index is 13.3. The summed E-state index contributed by atoms with van der Waals surface area (Å²) in [6.07, 6.45) is 7.71. The fourth-order valence-corrected chi connectivity index (χ4v) is 4.93. The number of piperazine rings is 1. The number of aromatic nitrogens is 3. The monoisotopic (exact) mass is 443 g/mol. The molecule has 0 N–H and O–H groups in total. The van der Waals surface area contributed by atoms with E-state index in [-0.39, 0.29) is 5.91 Å². The second-order valence-electron chi connectivity index (χ2n) is 7.91. The lowest BCUT2D eigenvalue weighted by molar-refractivity contribution is 0.0625. The molecule has 1 amide bonds. The molecule has 0 bridgehead atoms. The summed E-state index contributed by atoms with van der Waals surface area (Å²) in [6.45, 7) is 4.15. The molecule has 0 radical (unpaired) electrons. The van der Waals surface area contributed by atoms with Crippen molar-refractivity contribution >= 4 is 23.3 Å². The molecule has 0 aliphatic carbocycles. The summed E-state index contributed by atoms with van der Waals surface area (Å²) < 4.78 is 2.03. The first kappa shape index (κ1) is 20.7. The zero-order valence-corrected chi connectivity index (χ0v) is 18.6. The first-order valence-corrected chi connectivity index (χ1v) is 11.8. The molecule has 1 saturated heterocycles. The number of rotatable bonds is 6. The normalized spacial score (nSPS) is 14.7. The van der Waals surface area contributed by atoms with Gasteiger partial charge >= 0.3 is 0 Å². The van der Waals surface area contributed by atoms with Gasteiger partial charge in [-0.3, -0.25) is 14.7 Å². The Morgan fingerprint density at radius 2 is 1.72 bits per heavy atom. The van der Waals surface area contributed by atoms with Crippen LogP contribution in [-0.2, 0) is 12.3 Å². The van der Waals surface area contributed by atoms with Crippen molar-refractivity contribution < 1.29 is 4.79 Å². The molecule has 1 aromatic carbocycles. The summed E-state index contributed by atoms with van der Waals surface area (Å²) in [6, 6.07) is 18.0. The standard InChI is InChI=1S/C25H25N5OS/c31-25(29-15-13-28(14-16-29)17-20-8-10-26-11-9-20)22-5-1-2-6-23(22)32-19-21-18-30-12-4-3-7-24(30)27-21/h1-12,18H,13-17,19H2. The number of fused-ring (bicyclic) bond motifs is 1. The number of carbonyl (C=O) groups excluding carboxylic acids is 1. The lowest BCUT2D eigenvalue weighted by atomic mass is 10.1. The van der Waals surface area contributed by atoms with Gasteiger partial charge in [0.05, 0.1) is 11.3 Å². The second kappa shape index (κ2) is 9.54. The number of benzene rings is 1. The SMILES string of the molecule is O=C(c1ccccc1SCc1cn2ccccc2n1)N1CCN(Cc2ccncc2)CC1. The minimum absolute atomic E-state index is 0.117. The van der Waals surface area contributed by atoms with Crippen LogP contribution in [0.4, 0.5) is 0 Å². The Labute approximate surface area is 191 Å². The molecule has 0 unspecified atom stereocenters. The summed E-state index contributed by atoms with van der Waals surface area (Å²) in [7, 11) is 0. The van der Waals surface area contributed by atoms with Crippen LogP contribution in [0.15, 0.2) is 84.3 Å². The van der Waals surface area contributed by atoms with Crippen molar-refractivity contribution in [2.45, 2.75) is 17.2 Å². The molecule has 4 aromatic rings. The smallest absolute Gasteiger partial charge is 0.255 e. The summed E-state index contributed by atoms with van der Waals surface area (Å²) in [5, 5.41) is 0. The molecule has 162 valence electrons. The predicted molar refractivity (Wildman–Crippen MR) is 127 cm³/mol. The lowest BCUT2D eigenvalue weighted by Crippen LogP contribution is -2.48. The molecule has 4 heterocycles. The fraction of sp³-hybridized carbons (Fsp3) is 0.240. The first-order chi connectivity index (χ1) is 15.8. The van der Waals surface area contributed by atoms with Gasteiger partial charge in [-0.1, -0.05) is 18.2 Å². The van der Waals surface area contributed by atoms with Crippen LogP contribution in [0.3, 0.4) is 0 Å². The molecular weight excluding hydrogens is 418 g/mol. The molecule has 1 aliphatic rings. The average molecular weight is 444 g/mol. The van der Waals surface area contributed by atoms with Crippen molar-refractivity contribution in [3.8, 4) is 0 Å². The van der Waals surface area contributed by atoms with Gasteiger partial charge in [0.25, 0.3) is 5.91 Å². The van der Waals surface area contributed by atoms with E-state index in [1.54, 1.807) is 11.8 Å². The second-order valence-corrected chi connectivity index (χ2v) is 8.92. The Hall–Kier alpha value is -3.16. The van der Waals surface area contributed by atoms with Crippen molar-refractivity contribution in [2.24, 2.45) is 0 Å². The summed E-state index contributed by atoms with van der Waals surface area (Å²) in [5.74, 6) is 0.845. The number of nitrogens with zero attached hydrogens (tertiary/aromatic N) is 5. The van der Waals surface area contributed by atoms with Crippen molar-refractivity contribution in [3.63, 3.8) is 0 Å². The number of amides is 1. The maximum Gasteiger partial charge on any atom is 0.255 e. The van der Waals surface area contributed by atoms with Crippen LogP contribution in [-0.4, -0.2) is 56.3 Å². The topological polar surface area (TPSA) is 53.7 Å². The van der Waals surface area contributed by atoms with E-state index in [0.29, 0.717) is 0 Å². The molecule has 6 nitrogen and oxygen atoms in total. The Bertz CT molecular complexity index is 1170. The van der Waals surface area contributed by atoms with Crippen LogP contribution in [0.25, 0.3) is 5.65 Å². The Morgan fingerprint density at radius 3 is 2.53 bits per heavy atom. The van der Waals surface area contributed by atoms with Crippen LogP contribution < -0.4 is 0 Å². The van der Waals surface area contributed by atoms with E-state index in [1.165, 1.54) is 5.56 Å². The predicted octanol–water partition coefficient (Wildman–Crippen LogP) is 3.98. The maximum atomic E-state index is 13.3. The third-order valence-electron chi connectivity index (χ3n) is 5.72. The Morgan fingerprint density at radius 1 is 0.938 bits per heavy atom. The molecule has 5 rings (SSSR count). The highest BCUT2D eigenvalue weighted by Gasteiger charge is 2.24. The van der Waals surface area contributed by atoms with E-state index in [9.17, 15) is 4.79 Å². The van der Waals surface area contributed by atoms with Crippen LogP contribution in [0, 0.1) is 0 Å². The summed E-state index contributed by atoms with van der Waals surface area (Å²) >= 11 is 1.67. The molecule has 0 spiro atoms. The van der Waals surface area contributed by atoms with Gasteiger partial charge in [0.1, 0.15) is 5.65 Å². The summed E-state index contributed by atoms with van der Waals surface area (Å²) in [4.78, 5) is 27.4. The van der Waals surface area contributed by atoms with Gasteiger partial charge in [-0.15, -0.1) is 11.8 Å². The van der Waals surface area contributed by atoms with Crippen LogP contribution in [0.1, 0.15) is 21.6 Å². The number of hydrogen-bond donors (Lipinski definition) is 0. The Kier molecular flexibility index (Phi) is 6.18. The number of pyridine rings is 2. The molecule has 32 heavy (non-hydrogen) atoms. The van der Waals surface area contributed by atoms with Crippen LogP contribution in [0.2, 0.25) is 0 Å². The van der Waals surface area contributed by atoms with E-state index in [4.69, 9.17) is 0 Å². The third-order valence-corrected chi connectivity index (χ3v) is 6.83. The van der Waals surface area contributed by atoms with E-state index in [1.807, 2.05) is 82.5 Å². The zero-order valence-electron chi connectivity index (χ0n) is 17.8. The van der Waals surface area contributed by atoms with Crippen molar-refractivity contribution in [1.82, 2.24) is 24.2 Å². The van der Waals surface area contributed by atoms with E-state index in [0.717, 1.165) is 60.3 Å². The minimum Gasteiger partial charge on any atom is -0.336 e. The van der Waals surface area contributed by atoms with Gasteiger partial charge in [0.2, 0.25) is 0 Å². The highest BCUT2D eigenvalue weighted by atomic mass is 32.2. The molecule has 3 aromatic heterocycles. The Balaban J connectivity index is 1.22. The average Bonchev–Trinajstić information content (AvgIpc) is 3.27. The van der Waals surface area contributed by atoms with Crippen molar-refractivity contribution in [2.75, 3.05) is 26.2 Å². The van der Waals surface area contributed by atoms with E-state index < -0.39 is 0 Å². The third kappa shape index (κ3) is 4.69. The number of imidazole rings is 1. The van der Waals surface area contributed by atoms with Crippen molar-refractivity contribution in [3.05, 3.63) is 96.2 Å². The first-order valence-electron chi connectivity index (χ1n) is 10.8. The van der Waals surface area contributed by atoms with Gasteiger partial charge in [0, 0.05) is 68.2 Å². The number of thioether (sulfide) groups is 1. The molecule has 1 fully saturated rings. The van der Waals surface area contributed by atoms with Gasteiger partial charge in [-0.25, -0.2) is 4.98 Å². The molecule has 1 aliphatic heterocycles. The quantitative estimate of drug-likeness (QED) is 0.422. The molecule has 0 saturated carbocycles. The van der Waals surface area contributed by atoms with Gasteiger partial charge in [-0.05, 0) is 42.0 Å². The lowest BCUT2D eigenvalue weighted by Gasteiger charge is -2.35. The highest BCUT2D eigenvalue weighted by molar-refractivity contribution is 7.98. The van der Waals surface area contributed by atoms with Crippen LogP contribution >= 0.6 is 11.8 Å². The minimum atomic E-state index is 0.117. The van der Waals surface area contributed by atoms with Crippen molar-refractivity contribution in [1.29, 1.82) is 0 Å². The molecular formula is C25H25N5OS. The number of hydrogen-bond acceptors (Lipinski definition) is 5. The zero-order chi connectivity index (χ0) is 21.8. The molecule has 0 atom stereocenters. The largest absolute Gasteiger partial charge is 0.336 e. The van der Waals surface area contributed by atoms with E-state index in [2.05, 4.69) is 21.1 Å². The fourth-order valence-electron chi connectivity index (χ4n) is 4.00. The molecule has 7 heteroatoms. The van der Waals surface area contributed by atoms with Gasteiger partial charge in [-0.2, -0.15) is 0 Å².